The van der Waals surface area contributed by atoms with Crippen molar-refractivity contribution in [2.24, 2.45) is 5.10 Å². The summed E-state index contributed by atoms with van der Waals surface area (Å²) in [5, 5.41) is 4.16. The number of aromatic nitrogens is 1. The number of anilines is 1. The highest BCUT2D eigenvalue weighted by molar-refractivity contribution is 6.02. The Morgan fingerprint density at radius 2 is 1.62 bits per heavy atom. The van der Waals surface area contributed by atoms with Gasteiger partial charge in [-0.15, -0.1) is 0 Å². The topological polar surface area (TPSA) is 75.9 Å². The number of nitrogens with zero attached hydrogens (tertiary/aromatic N) is 3. The minimum atomic E-state index is -0.419. The molecule has 2 aromatic carbocycles. The van der Waals surface area contributed by atoms with E-state index in [1.807, 2.05) is 60.9 Å². The molecule has 1 heterocycles. The first-order chi connectivity index (χ1) is 16.4. The van der Waals surface area contributed by atoms with Crippen LogP contribution in [0.2, 0.25) is 0 Å². The Morgan fingerprint density at radius 3 is 2.21 bits per heavy atom. The second-order valence-corrected chi connectivity index (χ2v) is 7.77. The average molecular weight is 461 g/mol. The maximum Gasteiger partial charge on any atom is 0.340 e. The summed E-state index contributed by atoms with van der Waals surface area (Å²) < 4.78 is 7.28. The third kappa shape index (κ3) is 5.20. The van der Waals surface area contributed by atoms with Crippen molar-refractivity contribution in [2.75, 3.05) is 24.6 Å². The molecule has 7 nitrogen and oxygen atoms in total. The molecular formula is C27H32N4O3. The van der Waals surface area contributed by atoms with Gasteiger partial charge in [0.05, 0.1) is 18.4 Å². The van der Waals surface area contributed by atoms with Gasteiger partial charge in [-0.05, 0) is 71.0 Å². The van der Waals surface area contributed by atoms with E-state index in [1.54, 1.807) is 19.1 Å². The smallest absolute Gasteiger partial charge is 0.340 e. The zero-order valence-electron chi connectivity index (χ0n) is 20.5. The number of ether oxygens (including phenoxy) is 1. The lowest BCUT2D eigenvalue weighted by atomic mass is 10.1. The molecule has 0 unspecified atom stereocenters. The SMILES string of the molecule is CCOC(=O)c1c(/C=N\NC(=O)c2ccc(N(CC)CC)cc2)c(C)n(-c2ccccc2)c1C. The number of para-hydroxylation sites is 1. The van der Waals surface area contributed by atoms with Crippen LogP contribution in [0.4, 0.5) is 5.69 Å². The second-order valence-electron chi connectivity index (χ2n) is 7.77. The van der Waals surface area contributed by atoms with E-state index in [0.29, 0.717) is 16.7 Å². The minimum Gasteiger partial charge on any atom is -0.462 e. The van der Waals surface area contributed by atoms with Crippen LogP contribution in [0.1, 0.15) is 58.4 Å². The normalized spacial score (nSPS) is 11.0. The van der Waals surface area contributed by atoms with Crippen molar-refractivity contribution in [2.45, 2.75) is 34.6 Å². The summed E-state index contributed by atoms with van der Waals surface area (Å²) in [6.45, 7) is 11.8. The van der Waals surface area contributed by atoms with Gasteiger partial charge >= 0.3 is 5.97 Å². The van der Waals surface area contributed by atoms with E-state index in [4.69, 9.17) is 4.74 Å². The van der Waals surface area contributed by atoms with E-state index < -0.39 is 5.97 Å². The molecule has 178 valence electrons. The van der Waals surface area contributed by atoms with Gasteiger partial charge < -0.3 is 14.2 Å². The second kappa shape index (κ2) is 11.3. The van der Waals surface area contributed by atoms with Crippen LogP contribution in [0.3, 0.4) is 0 Å². The highest BCUT2D eigenvalue weighted by Crippen LogP contribution is 2.26. The number of hydrogen-bond acceptors (Lipinski definition) is 5. The molecular weight excluding hydrogens is 428 g/mol. The van der Waals surface area contributed by atoms with Crippen molar-refractivity contribution >= 4 is 23.8 Å². The van der Waals surface area contributed by atoms with Crippen LogP contribution in [0.25, 0.3) is 5.69 Å². The molecule has 0 fully saturated rings. The zero-order chi connectivity index (χ0) is 24.7. The molecule has 0 bridgehead atoms. The van der Waals surface area contributed by atoms with Crippen LogP contribution < -0.4 is 10.3 Å². The van der Waals surface area contributed by atoms with Gasteiger partial charge in [-0.2, -0.15) is 5.10 Å². The van der Waals surface area contributed by atoms with Gasteiger partial charge in [0, 0.05) is 47.0 Å². The molecule has 1 amide bonds. The molecule has 0 aliphatic rings. The van der Waals surface area contributed by atoms with Crippen molar-refractivity contribution in [3.63, 3.8) is 0 Å². The first kappa shape index (κ1) is 24.8. The van der Waals surface area contributed by atoms with Gasteiger partial charge in [-0.3, -0.25) is 4.79 Å². The van der Waals surface area contributed by atoms with Crippen LogP contribution in [-0.2, 0) is 4.74 Å². The van der Waals surface area contributed by atoms with E-state index >= 15 is 0 Å². The molecule has 7 heteroatoms. The fourth-order valence-electron chi connectivity index (χ4n) is 4.08. The molecule has 0 atom stereocenters. The number of amides is 1. The Bertz CT molecular complexity index is 1160. The number of hydrogen-bond donors (Lipinski definition) is 1. The van der Waals surface area contributed by atoms with Crippen LogP contribution in [0.15, 0.2) is 59.7 Å². The standard InChI is InChI=1S/C27H32N4O3/c1-6-30(7-2)22-16-14-21(15-17-22)26(32)29-28-18-24-19(4)31(23-12-10-9-11-13-23)20(5)25(24)27(33)34-8-3/h9-18H,6-8H2,1-5H3,(H,29,32)/b28-18-. The van der Waals surface area contributed by atoms with Crippen LogP contribution >= 0.6 is 0 Å². The monoisotopic (exact) mass is 460 g/mol. The van der Waals surface area contributed by atoms with Crippen molar-refractivity contribution < 1.29 is 14.3 Å². The summed E-state index contributed by atoms with van der Waals surface area (Å²) in [5.41, 5.74) is 7.70. The van der Waals surface area contributed by atoms with Gasteiger partial charge in [0.15, 0.2) is 0 Å². The Hall–Kier alpha value is -3.87. The zero-order valence-corrected chi connectivity index (χ0v) is 20.5. The largest absolute Gasteiger partial charge is 0.462 e. The van der Waals surface area contributed by atoms with Crippen LogP contribution in [0.5, 0.6) is 0 Å². The number of carbonyl (C=O) groups excluding carboxylic acids is 2. The van der Waals surface area contributed by atoms with Crippen LogP contribution in [0, 0.1) is 13.8 Å². The molecule has 0 spiro atoms. The van der Waals surface area contributed by atoms with Crippen molar-refractivity contribution in [1.82, 2.24) is 9.99 Å². The first-order valence-corrected chi connectivity index (χ1v) is 11.6. The number of carbonyl (C=O) groups is 2. The Labute approximate surface area is 201 Å². The summed E-state index contributed by atoms with van der Waals surface area (Å²) in [4.78, 5) is 27.6. The van der Waals surface area contributed by atoms with Gasteiger partial charge in [0.2, 0.25) is 0 Å². The first-order valence-electron chi connectivity index (χ1n) is 11.6. The summed E-state index contributed by atoms with van der Waals surface area (Å²) in [5.74, 6) is -0.741. The molecule has 34 heavy (non-hydrogen) atoms. The molecule has 3 aromatic rings. The van der Waals surface area contributed by atoms with Gasteiger partial charge in [0.1, 0.15) is 0 Å². The predicted octanol–water partition coefficient (Wildman–Crippen LogP) is 4.88. The van der Waals surface area contributed by atoms with Crippen LogP contribution in [-0.4, -0.2) is 42.4 Å². The van der Waals surface area contributed by atoms with Gasteiger partial charge in [0.25, 0.3) is 5.91 Å². The number of benzene rings is 2. The number of hydrazone groups is 1. The molecule has 3 rings (SSSR count). The molecule has 0 aliphatic heterocycles. The lowest BCUT2D eigenvalue weighted by Gasteiger charge is -2.20. The number of rotatable bonds is 9. The van der Waals surface area contributed by atoms with Crippen molar-refractivity contribution in [1.29, 1.82) is 0 Å². The third-order valence-corrected chi connectivity index (χ3v) is 5.80. The fraction of sp³-hybridized carbons (Fsp3) is 0.296. The third-order valence-electron chi connectivity index (χ3n) is 5.80. The fourth-order valence-corrected chi connectivity index (χ4v) is 4.08. The van der Waals surface area contributed by atoms with Crippen molar-refractivity contribution in [3.05, 3.63) is 82.7 Å². The molecule has 0 aliphatic carbocycles. The molecule has 0 radical (unpaired) electrons. The quantitative estimate of drug-likeness (QED) is 0.281. The van der Waals surface area contributed by atoms with E-state index in [0.717, 1.165) is 35.9 Å². The van der Waals surface area contributed by atoms with Gasteiger partial charge in [-0.25, -0.2) is 10.2 Å². The molecule has 1 N–H and O–H groups in total. The minimum absolute atomic E-state index is 0.268. The lowest BCUT2D eigenvalue weighted by Crippen LogP contribution is -2.22. The summed E-state index contributed by atoms with van der Waals surface area (Å²) >= 11 is 0. The van der Waals surface area contributed by atoms with E-state index in [1.165, 1.54) is 6.21 Å². The Morgan fingerprint density at radius 1 is 0.971 bits per heavy atom. The Balaban J connectivity index is 1.87. The average Bonchev–Trinajstić information content (AvgIpc) is 3.10. The number of nitrogens with one attached hydrogen (secondary N) is 1. The molecule has 0 saturated carbocycles. The summed E-state index contributed by atoms with van der Waals surface area (Å²) in [6.07, 6.45) is 1.51. The van der Waals surface area contributed by atoms with E-state index in [-0.39, 0.29) is 12.5 Å². The molecule has 1 aromatic heterocycles. The van der Waals surface area contributed by atoms with Gasteiger partial charge in [-0.1, -0.05) is 18.2 Å². The highest BCUT2D eigenvalue weighted by Gasteiger charge is 2.24. The predicted molar refractivity (Wildman–Crippen MR) is 136 cm³/mol. The summed E-state index contributed by atoms with van der Waals surface area (Å²) in [6, 6.07) is 17.2. The molecule has 0 saturated heterocycles. The lowest BCUT2D eigenvalue weighted by molar-refractivity contribution is 0.0525. The summed E-state index contributed by atoms with van der Waals surface area (Å²) in [7, 11) is 0. The maximum atomic E-state index is 12.7. The van der Waals surface area contributed by atoms with E-state index in [2.05, 4.69) is 29.3 Å². The number of esters is 1. The highest BCUT2D eigenvalue weighted by atomic mass is 16.5. The maximum absolute atomic E-state index is 12.7. The van der Waals surface area contributed by atoms with Crippen molar-refractivity contribution in [3.8, 4) is 5.69 Å². The van der Waals surface area contributed by atoms with E-state index in [9.17, 15) is 9.59 Å². The Kier molecular flexibility index (Phi) is 8.24.